The number of hydrogen-bond donors (Lipinski definition) is 0. The van der Waals surface area contributed by atoms with Crippen LogP contribution in [0.5, 0.6) is 0 Å². The molecule has 3 nitrogen and oxygen atoms in total. The van der Waals surface area contributed by atoms with Crippen LogP contribution in [0.4, 0.5) is 0 Å². The third kappa shape index (κ3) is 3.22. The summed E-state index contributed by atoms with van der Waals surface area (Å²) in [6.07, 6.45) is 4.20. The predicted molar refractivity (Wildman–Crippen MR) is 94.9 cm³/mol. The lowest BCUT2D eigenvalue weighted by atomic mass is 10.0. The van der Waals surface area contributed by atoms with Gasteiger partial charge in [-0.1, -0.05) is 42.5 Å². The number of carbonyl (C=O) groups is 1. The fourth-order valence-electron chi connectivity index (χ4n) is 3.56. The van der Waals surface area contributed by atoms with Gasteiger partial charge in [0.25, 0.3) is 5.91 Å². The van der Waals surface area contributed by atoms with Crippen LogP contribution in [0.3, 0.4) is 0 Å². The highest BCUT2D eigenvalue weighted by Gasteiger charge is 2.38. The molecule has 3 heteroatoms. The van der Waals surface area contributed by atoms with E-state index in [0.29, 0.717) is 12.1 Å². The normalized spacial score (nSPS) is 18.3. The summed E-state index contributed by atoms with van der Waals surface area (Å²) in [6, 6.07) is 19.0. The van der Waals surface area contributed by atoms with Crippen LogP contribution in [-0.2, 0) is 4.74 Å². The van der Waals surface area contributed by atoms with E-state index in [-0.39, 0.29) is 5.91 Å². The molecule has 0 N–H and O–H groups in total. The molecule has 0 unspecified atom stereocenters. The van der Waals surface area contributed by atoms with Gasteiger partial charge in [0, 0.05) is 30.9 Å². The first-order valence-electron chi connectivity index (χ1n) is 8.89. The lowest BCUT2D eigenvalue weighted by Crippen LogP contribution is -2.44. The standard InChI is InChI=1S/C21H23NO2/c23-21(22(19-9-10-19)20-11-13-24-14-12-20)18-8-4-7-17(15-18)16-5-2-1-3-6-16/h1-8,15,19-20H,9-14H2. The lowest BCUT2D eigenvalue weighted by molar-refractivity contribution is 0.0267. The number of benzene rings is 2. The molecular weight excluding hydrogens is 298 g/mol. The van der Waals surface area contributed by atoms with Crippen LogP contribution in [-0.4, -0.2) is 36.1 Å². The third-order valence-corrected chi connectivity index (χ3v) is 4.98. The monoisotopic (exact) mass is 321 g/mol. The minimum absolute atomic E-state index is 0.183. The first-order chi connectivity index (χ1) is 11.8. The molecule has 0 spiro atoms. The largest absolute Gasteiger partial charge is 0.381 e. The van der Waals surface area contributed by atoms with E-state index in [4.69, 9.17) is 4.74 Å². The summed E-state index contributed by atoms with van der Waals surface area (Å²) < 4.78 is 5.47. The molecule has 124 valence electrons. The van der Waals surface area contributed by atoms with E-state index in [2.05, 4.69) is 23.1 Å². The Morgan fingerprint density at radius 3 is 2.21 bits per heavy atom. The number of nitrogens with zero attached hydrogens (tertiary/aromatic N) is 1. The van der Waals surface area contributed by atoms with Gasteiger partial charge in [-0.2, -0.15) is 0 Å². The van der Waals surface area contributed by atoms with E-state index in [0.717, 1.165) is 55.6 Å². The number of rotatable bonds is 4. The van der Waals surface area contributed by atoms with Crippen LogP contribution in [0, 0.1) is 0 Å². The van der Waals surface area contributed by atoms with Crippen LogP contribution < -0.4 is 0 Å². The second-order valence-electron chi connectivity index (χ2n) is 6.73. The molecule has 4 rings (SSSR count). The van der Waals surface area contributed by atoms with Gasteiger partial charge in [-0.25, -0.2) is 0 Å². The summed E-state index contributed by atoms with van der Waals surface area (Å²) in [7, 11) is 0. The van der Waals surface area contributed by atoms with E-state index in [9.17, 15) is 4.79 Å². The predicted octanol–water partition coefficient (Wildman–Crippen LogP) is 4.14. The second kappa shape index (κ2) is 6.78. The minimum atomic E-state index is 0.183. The maximum Gasteiger partial charge on any atom is 0.254 e. The summed E-state index contributed by atoms with van der Waals surface area (Å²) >= 11 is 0. The van der Waals surface area contributed by atoms with E-state index in [1.165, 1.54) is 0 Å². The summed E-state index contributed by atoms with van der Waals surface area (Å²) in [5.74, 6) is 0.183. The molecule has 0 bridgehead atoms. The maximum absolute atomic E-state index is 13.2. The van der Waals surface area contributed by atoms with Crippen molar-refractivity contribution in [2.45, 2.75) is 37.8 Å². The van der Waals surface area contributed by atoms with Crippen molar-refractivity contribution in [3.05, 3.63) is 60.2 Å². The molecule has 2 aliphatic rings. The van der Waals surface area contributed by atoms with Gasteiger partial charge in [-0.05, 0) is 48.9 Å². The Morgan fingerprint density at radius 2 is 1.50 bits per heavy atom. The van der Waals surface area contributed by atoms with Gasteiger partial charge in [0.2, 0.25) is 0 Å². The van der Waals surface area contributed by atoms with Crippen molar-refractivity contribution in [2.75, 3.05) is 13.2 Å². The smallest absolute Gasteiger partial charge is 0.254 e. The fraction of sp³-hybridized carbons (Fsp3) is 0.381. The molecule has 0 atom stereocenters. The average molecular weight is 321 g/mol. The Kier molecular flexibility index (Phi) is 4.35. The van der Waals surface area contributed by atoms with E-state index in [1.54, 1.807) is 0 Å². The molecule has 1 aliphatic heterocycles. The van der Waals surface area contributed by atoms with E-state index < -0.39 is 0 Å². The Balaban J connectivity index is 1.61. The molecule has 0 aromatic heterocycles. The fourth-order valence-corrected chi connectivity index (χ4v) is 3.56. The van der Waals surface area contributed by atoms with Gasteiger partial charge in [-0.3, -0.25) is 4.79 Å². The number of carbonyl (C=O) groups excluding carboxylic acids is 1. The zero-order valence-corrected chi connectivity index (χ0v) is 13.9. The molecular formula is C21H23NO2. The first kappa shape index (κ1) is 15.4. The van der Waals surface area contributed by atoms with Crippen molar-refractivity contribution in [2.24, 2.45) is 0 Å². The zero-order valence-electron chi connectivity index (χ0n) is 13.9. The van der Waals surface area contributed by atoms with Gasteiger partial charge in [-0.15, -0.1) is 0 Å². The Hall–Kier alpha value is -2.13. The van der Waals surface area contributed by atoms with Gasteiger partial charge in [0.05, 0.1) is 0 Å². The van der Waals surface area contributed by atoms with E-state index in [1.807, 2.05) is 36.4 Å². The summed E-state index contributed by atoms with van der Waals surface area (Å²) in [5, 5.41) is 0. The van der Waals surface area contributed by atoms with Crippen molar-refractivity contribution >= 4 is 5.91 Å². The highest BCUT2D eigenvalue weighted by atomic mass is 16.5. The highest BCUT2D eigenvalue weighted by molar-refractivity contribution is 5.96. The molecule has 0 radical (unpaired) electrons. The molecule has 2 aromatic carbocycles. The van der Waals surface area contributed by atoms with Gasteiger partial charge in [0.15, 0.2) is 0 Å². The quantitative estimate of drug-likeness (QED) is 0.847. The topological polar surface area (TPSA) is 29.5 Å². The molecule has 1 saturated carbocycles. The zero-order chi connectivity index (χ0) is 16.4. The SMILES string of the molecule is O=C(c1cccc(-c2ccccc2)c1)N(C1CCOCC1)C1CC1. The Bertz CT molecular complexity index is 703. The summed E-state index contributed by atoms with van der Waals surface area (Å²) in [4.78, 5) is 15.3. The van der Waals surface area contributed by atoms with Crippen LogP contribution in [0.25, 0.3) is 11.1 Å². The molecule has 24 heavy (non-hydrogen) atoms. The van der Waals surface area contributed by atoms with Crippen molar-refractivity contribution in [1.29, 1.82) is 0 Å². The first-order valence-corrected chi connectivity index (χ1v) is 8.89. The molecule has 2 fully saturated rings. The Morgan fingerprint density at radius 1 is 0.833 bits per heavy atom. The number of ether oxygens (including phenoxy) is 1. The van der Waals surface area contributed by atoms with Crippen LogP contribution in [0.15, 0.2) is 54.6 Å². The van der Waals surface area contributed by atoms with Gasteiger partial charge in [0.1, 0.15) is 0 Å². The van der Waals surface area contributed by atoms with Crippen molar-refractivity contribution in [3.63, 3.8) is 0 Å². The minimum Gasteiger partial charge on any atom is -0.381 e. The van der Waals surface area contributed by atoms with Gasteiger partial charge >= 0.3 is 0 Å². The molecule has 1 saturated heterocycles. The summed E-state index contributed by atoms with van der Waals surface area (Å²) in [5.41, 5.74) is 3.05. The van der Waals surface area contributed by atoms with Gasteiger partial charge < -0.3 is 9.64 Å². The van der Waals surface area contributed by atoms with Crippen LogP contribution >= 0.6 is 0 Å². The third-order valence-electron chi connectivity index (χ3n) is 4.98. The summed E-state index contributed by atoms with van der Waals surface area (Å²) in [6.45, 7) is 1.54. The Labute approximate surface area is 143 Å². The maximum atomic E-state index is 13.2. The molecule has 1 heterocycles. The number of hydrogen-bond acceptors (Lipinski definition) is 2. The van der Waals surface area contributed by atoms with Crippen LogP contribution in [0.2, 0.25) is 0 Å². The molecule has 2 aromatic rings. The van der Waals surface area contributed by atoms with Crippen LogP contribution in [0.1, 0.15) is 36.0 Å². The second-order valence-corrected chi connectivity index (χ2v) is 6.73. The number of amides is 1. The van der Waals surface area contributed by atoms with Crippen molar-refractivity contribution in [3.8, 4) is 11.1 Å². The van der Waals surface area contributed by atoms with Crippen molar-refractivity contribution in [1.82, 2.24) is 4.90 Å². The average Bonchev–Trinajstić information content (AvgIpc) is 3.49. The lowest BCUT2D eigenvalue weighted by Gasteiger charge is -2.34. The van der Waals surface area contributed by atoms with Crippen molar-refractivity contribution < 1.29 is 9.53 Å². The highest BCUT2D eigenvalue weighted by Crippen LogP contribution is 2.33. The molecule has 1 amide bonds. The molecule has 1 aliphatic carbocycles. The van der Waals surface area contributed by atoms with E-state index >= 15 is 0 Å².